The van der Waals surface area contributed by atoms with Crippen LogP contribution in [0, 0.1) is 11.3 Å². The highest BCUT2D eigenvalue weighted by Gasteiger charge is 2.60. The van der Waals surface area contributed by atoms with Gasteiger partial charge in [-0.05, 0) is 25.6 Å². The second kappa shape index (κ2) is 5.46. The average molecular weight is 292 g/mol. The topological polar surface area (TPSA) is 54.7 Å². The highest BCUT2D eigenvalue weighted by molar-refractivity contribution is 5.78. The van der Waals surface area contributed by atoms with Gasteiger partial charge in [0.15, 0.2) is 0 Å². The van der Waals surface area contributed by atoms with E-state index in [-0.39, 0.29) is 11.3 Å². The standard InChI is InChI=1S/C16H24N2O3/c1-16(2)14(12-6-8-21-15(12)16)18(3)10-13(19)17-9-11-5-4-7-20-11/h4-5,7,12,14-15H,6,8-10H2,1-3H3,(H,17,19)/t12-,14+,15-/m0/s1. The van der Waals surface area contributed by atoms with Crippen molar-refractivity contribution in [2.75, 3.05) is 20.2 Å². The van der Waals surface area contributed by atoms with Crippen LogP contribution in [0.15, 0.2) is 22.8 Å². The van der Waals surface area contributed by atoms with E-state index in [2.05, 4.69) is 24.1 Å². The molecule has 0 aromatic carbocycles. The largest absolute Gasteiger partial charge is 0.467 e. The number of nitrogens with zero attached hydrogens (tertiary/aromatic N) is 1. The van der Waals surface area contributed by atoms with Gasteiger partial charge in [0.1, 0.15) is 5.76 Å². The van der Waals surface area contributed by atoms with E-state index in [1.165, 1.54) is 0 Å². The molecule has 5 nitrogen and oxygen atoms in total. The number of nitrogens with one attached hydrogen (secondary N) is 1. The first-order valence-corrected chi connectivity index (χ1v) is 7.61. The second-order valence-corrected chi connectivity index (χ2v) is 6.78. The second-order valence-electron chi connectivity index (χ2n) is 6.78. The third-order valence-electron chi connectivity index (χ3n) is 4.95. The van der Waals surface area contributed by atoms with Gasteiger partial charge in [-0.2, -0.15) is 0 Å². The molecule has 0 radical (unpaired) electrons. The molecule has 3 atom stereocenters. The number of amides is 1. The molecule has 1 saturated carbocycles. The maximum Gasteiger partial charge on any atom is 0.234 e. The number of furan rings is 1. The summed E-state index contributed by atoms with van der Waals surface area (Å²) in [6, 6.07) is 4.10. The lowest BCUT2D eigenvalue weighted by Gasteiger charge is -2.57. The monoisotopic (exact) mass is 292 g/mol. The highest BCUT2D eigenvalue weighted by Crippen LogP contribution is 2.54. The molecule has 21 heavy (non-hydrogen) atoms. The lowest BCUT2D eigenvalue weighted by molar-refractivity contribution is -0.154. The molecular weight excluding hydrogens is 268 g/mol. The molecule has 1 amide bonds. The number of fused-ring (bicyclic) bond motifs is 1. The Hall–Kier alpha value is -1.33. The molecule has 2 aliphatic rings. The van der Waals surface area contributed by atoms with Crippen LogP contribution in [0.5, 0.6) is 0 Å². The third-order valence-corrected chi connectivity index (χ3v) is 4.95. The molecule has 1 aliphatic carbocycles. The van der Waals surface area contributed by atoms with Crippen molar-refractivity contribution in [3.63, 3.8) is 0 Å². The molecule has 1 N–H and O–H groups in total. The fraction of sp³-hybridized carbons (Fsp3) is 0.688. The van der Waals surface area contributed by atoms with Crippen molar-refractivity contribution in [2.24, 2.45) is 11.3 Å². The zero-order valence-electron chi connectivity index (χ0n) is 13.0. The van der Waals surface area contributed by atoms with Crippen LogP contribution >= 0.6 is 0 Å². The maximum absolute atomic E-state index is 12.1. The van der Waals surface area contributed by atoms with Gasteiger partial charge in [0.25, 0.3) is 0 Å². The Morgan fingerprint density at radius 1 is 1.52 bits per heavy atom. The minimum atomic E-state index is 0.0343. The molecule has 1 saturated heterocycles. The van der Waals surface area contributed by atoms with Gasteiger partial charge in [-0.3, -0.25) is 9.69 Å². The molecule has 0 spiro atoms. The summed E-state index contributed by atoms with van der Waals surface area (Å²) < 4.78 is 11.0. The number of carbonyl (C=O) groups is 1. The molecule has 3 rings (SSSR count). The highest BCUT2D eigenvalue weighted by atomic mass is 16.5. The summed E-state index contributed by atoms with van der Waals surface area (Å²) in [6.45, 7) is 6.19. The summed E-state index contributed by atoms with van der Waals surface area (Å²) in [6.07, 6.45) is 3.08. The van der Waals surface area contributed by atoms with E-state index in [0.29, 0.717) is 31.2 Å². The summed E-state index contributed by atoms with van der Waals surface area (Å²) in [5, 5.41) is 2.90. The van der Waals surface area contributed by atoms with E-state index < -0.39 is 0 Å². The first kappa shape index (κ1) is 14.6. The van der Waals surface area contributed by atoms with Crippen molar-refractivity contribution in [1.29, 1.82) is 0 Å². The third kappa shape index (κ3) is 2.60. The van der Waals surface area contributed by atoms with E-state index >= 15 is 0 Å². The Labute approximate surface area is 125 Å². The minimum absolute atomic E-state index is 0.0343. The Morgan fingerprint density at radius 3 is 3.05 bits per heavy atom. The fourth-order valence-corrected chi connectivity index (χ4v) is 4.17. The number of ether oxygens (including phenoxy) is 1. The van der Waals surface area contributed by atoms with Gasteiger partial charge in [0.05, 0.1) is 25.5 Å². The van der Waals surface area contributed by atoms with Crippen molar-refractivity contribution in [3.05, 3.63) is 24.2 Å². The number of rotatable bonds is 5. The molecule has 1 aromatic heterocycles. The van der Waals surface area contributed by atoms with Crippen LogP contribution in [0.3, 0.4) is 0 Å². The van der Waals surface area contributed by atoms with Crippen molar-refractivity contribution in [1.82, 2.24) is 10.2 Å². The van der Waals surface area contributed by atoms with Crippen LogP contribution < -0.4 is 5.32 Å². The summed E-state index contributed by atoms with van der Waals surface area (Å²) in [5.41, 5.74) is 0.122. The summed E-state index contributed by atoms with van der Waals surface area (Å²) in [5.74, 6) is 1.38. The molecule has 1 aliphatic heterocycles. The fourth-order valence-electron chi connectivity index (χ4n) is 4.17. The van der Waals surface area contributed by atoms with Crippen LogP contribution in [0.4, 0.5) is 0 Å². The summed E-state index contributed by atoms with van der Waals surface area (Å²) in [7, 11) is 2.04. The number of carbonyl (C=O) groups excluding carboxylic acids is 1. The summed E-state index contributed by atoms with van der Waals surface area (Å²) in [4.78, 5) is 14.2. The van der Waals surface area contributed by atoms with Gasteiger partial charge in [0, 0.05) is 24.0 Å². The van der Waals surface area contributed by atoms with Crippen LogP contribution in [0.2, 0.25) is 0 Å². The predicted molar refractivity (Wildman–Crippen MR) is 78.6 cm³/mol. The Kier molecular flexibility index (Phi) is 3.80. The van der Waals surface area contributed by atoms with E-state index in [0.717, 1.165) is 18.8 Å². The van der Waals surface area contributed by atoms with E-state index in [1.54, 1.807) is 6.26 Å². The quantitative estimate of drug-likeness (QED) is 0.896. The van der Waals surface area contributed by atoms with Gasteiger partial charge in [-0.25, -0.2) is 0 Å². The first-order chi connectivity index (χ1) is 10.00. The SMILES string of the molecule is CN(CC(=O)NCc1ccco1)[C@@H]1[C@@H]2CCO[C@@H]2C1(C)C. The van der Waals surface area contributed by atoms with Gasteiger partial charge in [0.2, 0.25) is 5.91 Å². The molecule has 2 fully saturated rings. The van der Waals surface area contributed by atoms with Crippen molar-refractivity contribution < 1.29 is 13.9 Å². The summed E-state index contributed by atoms with van der Waals surface area (Å²) >= 11 is 0. The molecular formula is C16H24N2O3. The smallest absolute Gasteiger partial charge is 0.234 e. The maximum atomic E-state index is 12.1. The van der Waals surface area contributed by atoms with Gasteiger partial charge in [-0.1, -0.05) is 13.8 Å². The van der Waals surface area contributed by atoms with Crippen LogP contribution in [0.1, 0.15) is 26.0 Å². The number of likely N-dealkylation sites (N-methyl/N-ethyl adjacent to an activating group) is 1. The average Bonchev–Trinajstić information content (AvgIpc) is 3.05. The van der Waals surface area contributed by atoms with Gasteiger partial charge in [-0.15, -0.1) is 0 Å². The lowest BCUT2D eigenvalue weighted by Crippen LogP contribution is -2.66. The molecule has 0 bridgehead atoms. The normalized spacial score (nSPS) is 30.0. The van der Waals surface area contributed by atoms with Crippen molar-refractivity contribution in [3.8, 4) is 0 Å². The molecule has 2 heterocycles. The zero-order chi connectivity index (χ0) is 15.0. The van der Waals surface area contributed by atoms with E-state index in [4.69, 9.17) is 9.15 Å². The van der Waals surface area contributed by atoms with Crippen molar-refractivity contribution >= 4 is 5.91 Å². The van der Waals surface area contributed by atoms with Crippen LogP contribution in [0.25, 0.3) is 0 Å². The predicted octanol–water partition coefficient (Wildman–Crippen LogP) is 1.64. The van der Waals surface area contributed by atoms with E-state index in [9.17, 15) is 4.79 Å². The Morgan fingerprint density at radius 2 is 2.33 bits per heavy atom. The molecule has 5 heteroatoms. The van der Waals surface area contributed by atoms with Crippen LogP contribution in [-0.4, -0.2) is 43.2 Å². The van der Waals surface area contributed by atoms with Gasteiger partial charge >= 0.3 is 0 Å². The van der Waals surface area contributed by atoms with Crippen molar-refractivity contribution in [2.45, 2.75) is 39.0 Å². The minimum Gasteiger partial charge on any atom is -0.467 e. The number of hydrogen-bond donors (Lipinski definition) is 1. The lowest BCUT2D eigenvalue weighted by atomic mass is 9.57. The molecule has 0 unspecified atom stereocenters. The van der Waals surface area contributed by atoms with E-state index in [1.807, 2.05) is 19.2 Å². The Bertz CT molecular complexity index is 498. The molecule has 116 valence electrons. The Balaban J connectivity index is 1.51. The zero-order valence-corrected chi connectivity index (χ0v) is 13.0. The van der Waals surface area contributed by atoms with Gasteiger partial charge < -0.3 is 14.5 Å². The first-order valence-electron chi connectivity index (χ1n) is 7.61. The molecule has 1 aromatic rings. The number of hydrogen-bond acceptors (Lipinski definition) is 4. The van der Waals surface area contributed by atoms with Crippen LogP contribution in [-0.2, 0) is 16.1 Å².